The van der Waals surface area contributed by atoms with Crippen LogP contribution in [0.25, 0.3) is 0 Å². The van der Waals surface area contributed by atoms with E-state index in [1.165, 1.54) is 49.9 Å². The maximum atomic E-state index is 5.82. The highest BCUT2D eigenvalue weighted by molar-refractivity contribution is 6.36. The fraction of sp³-hybridized carbons (Fsp3) is 1.00. The van der Waals surface area contributed by atoms with Gasteiger partial charge in [-0.25, -0.2) is 0 Å². The predicted octanol–water partition coefficient (Wildman–Crippen LogP) is 5.70. The van der Waals surface area contributed by atoms with Crippen molar-refractivity contribution in [3.63, 3.8) is 0 Å². The van der Waals surface area contributed by atoms with Gasteiger partial charge in [0, 0.05) is 45.5 Å². The Bertz CT molecular complexity index is 276. The number of rotatable bonds is 25. The molecule has 0 aliphatic carbocycles. The van der Waals surface area contributed by atoms with Gasteiger partial charge in [-0.3, -0.25) is 0 Å². The highest BCUT2D eigenvalue weighted by Crippen LogP contribution is 2.12. The van der Waals surface area contributed by atoms with Crippen LogP contribution in [0.4, 0.5) is 0 Å². The van der Waals surface area contributed by atoms with Crippen LogP contribution in [0, 0.1) is 0 Å². The van der Waals surface area contributed by atoms with Crippen LogP contribution in [0.5, 0.6) is 0 Å². The predicted molar refractivity (Wildman–Crippen MR) is 137 cm³/mol. The lowest BCUT2D eigenvalue weighted by Gasteiger charge is -2.18. The molecule has 0 radical (unpaired) electrons. The summed E-state index contributed by atoms with van der Waals surface area (Å²) >= 11 is 0. The summed E-state index contributed by atoms with van der Waals surface area (Å²) in [5.41, 5.74) is 0. The maximum Gasteiger partial charge on any atom is 0.157 e. The molecule has 0 aromatic rings. The van der Waals surface area contributed by atoms with Gasteiger partial charge in [-0.15, -0.1) is 0 Å². The largest absolute Gasteiger partial charge is 0.353 e. The van der Waals surface area contributed by atoms with Gasteiger partial charge in [0.2, 0.25) is 0 Å². The summed E-state index contributed by atoms with van der Waals surface area (Å²) in [5, 5.41) is 0. The van der Waals surface area contributed by atoms with Gasteiger partial charge in [-0.05, 0) is 38.5 Å². The first-order valence-electron chi connectivity index (χ1n) is 13.2. The minimum Gasteiger partial charge on any atom is -0.353 e. The lowest BCUT2D eigenvalue weighted by Crippen LogP contribution is -2.18. The van der Waals surface area contributed by atoms with Gasteiger partial charge >= 0.3 is 0 Å². The summed E-state index contributed by atoms with van der Waals surface area (Å²) in [4.78, 5) is 0. The Morgan fingerprint density at radius 2 is 0.767 bits per heavy atom. The number of hydrogen-bond acceptors (Lipinski definition) is 4. The first-order valence-corrected chi connectivity index (χ1v) is 17.2. The second-order valence-electron chi connectivity index (χ2n) is 8.46. The highest BCUT2D eigenvalue weighted by Gasteiger charge is 2.09. The van der Waals surface area contributed by atoms with Crippen LogP contribution in [0.1, 0.15) is 91.9 Å². The van der Waals surface area contributed by atoms with Crippen molar-refractivity contribution in [3.8, 4) is 0 Å². The number of unbranched alkanes of at least 4 members (excludes halogenated alkanes) is 1. The van der Waals surface area contributed by atoms with Crippen LogP contribution >= 0.6 is 0 Å². The number of hydrogen-bond donors (Lipinski definition) is 0. The molecule has 182 valence electrons. The molecule has 0 unspecified atom stereocenters. The maximum absolute atomic E-state index is 5.82. The Morgan fingerprint density at radius 3 is 1.07 bits per heavy atom. The van der Waals surface area contributed by atoms with Crippen LogP contribution in [0.15, 0.2) is 0 Å². The van der Waals surface area contributed by atoms with Crippen LogP contribution in [-0.4, -0.2) is 58.0 Å². The van der Waals surface area contributed by atoms with Gasteiger partial charge < -0.3 is 18.9 Å². The van der Waals surface area contributed by atoms with Crippen molar-refractivity contribution in [1.29, 1.82) is 0 Å². The Balaban J connectivity index is 3.49. The third kappa shape index (κ3) is 21.5. The average Bonchev–Trinajstić information content (AvgIpc) is 2.76. The third-order valence-corrected chi connectivity index (χ3v) is 9.16. The second-order valence-corrected chi connectivity index (χ2v) is 12.7. The van der Waals surface area contributed by atoms with Gasteiger partial charge in [-0.1, -0.05) is 77.6 Å². The first-order chi connectivity index (χ1) is 14.8. The first kappa shape index (κ1) is 30.3. The Kier molecular flexibility index (Phi) is 25.8. The quantitative estimate of drug-likeness (QED) is 0.0991. The topological polar surface area (TPSA) is 36.9 Å². The summed E-state index contributed by atoms with van der Waals surface area (Å²) < 4.78 is 23.3. The van der Waals surface area contributed by atoms with Gasteiger partial charge in [0.1, 0.15) is 0 Å². The normalized spacial score (nSPS) is 12.6. The van der Waals surface area contributed by atoms with Gasteiger partial charge in [-0.2, -0.15) is 0 Å². The molecule has 0 saturated carbocycles. The lowest BCUT2D eigenvalue weighted by atomic mass is 10.3. The van der Waals surface area contributed by atoms with Crippen molar-refractivity contribution >= 4 is 19.0 Å². The fourth-order valence-electron chi connectivity index (χ4n) is 3.46. The van der Waals surface area contributed by atoms with E-state index in [2.05, 4.69) is 27.7 Å². The van der Waals surface area contributed by atoms with Crippen LogP contribution in [0.2, 0.25) is 24.2 Å². The molecule has 4 nitrogen and oxygen atoms in total. The van der Waals surface area contributed by atoms with E-state index in [1.54, 1.807) is 0 Å². The molecule has 0 bridgehead atoms. The van der Waals surface area contributed by atoms with Crippen molar-refractivity contribution in [1.82, 2.24) is 0 Å². The Labute approximate surface area is 193 Å². The Hall–Kier alpha value is 0.274. The van der Waals surface area contributed by atoms with E-state index in [4.69, 9.17) is 18.9 Å². The summed E-state index contributed by atoms with van der Waals surface area (Å²) in [6, 6.07) is 5.97. The Morgan fingerprint density at radius 1 is 0.467 bits per heavy atom. The van der Waals surface area contributed by atoms with E-state index in [9.17, 15) is 0 Å². The van der Waals surface area contributed by atoms with Crippen LogP contribution in [0.3, 0.4) is 0 Å². The van der Waals surface area contributed by atoms with Crippen molar-refractivity contribution in [2.45, 2.75) is 129 Å². The molecule has 30 heavy (non-hydrogen) atoms. The van der Waals surface area contributed by atoms with Crippen molar-refractivity contribution in [2.24, 2.45) is 0 Å². The van der Waals surface area contributed by atoms with Gasteiger partial charge in [0.25, 0.3) is 0 Å². The zero-order valence-electron chi connectivity index (χ0n) is 20.9. The van der Waals surface area contributed by atoms with E-state index in [-0.39, 0.29) is 31.6 Å². The van der Waals surface area contributed by atoms with E-state index >= 15 is 0 Å². The summed E-state index contributed by atoms with van der Waals surface area (Å²) in [7, 11) is 0.260. The SMILES string of the molecule is CCCOC(CCC[SiH2]CCCC[SiH2]CCCC(OCCC)OCCC)OCCC. The van der Waals surface area contributed by atoms with Gasteiger partial charge in [0.15, 0.2) is 12.6 Å². The van der Waals surface area contributed by atoms with E-state index < -0.39 is 0 Å². The minimum absolute atomic E-state index is 0.0456. The van der Waals surface area contributed by atoms with E-state index in [0.29, 0.717) is 0 Å². The molecular formula is C24H54O4Si2. The standard InChI is InChI=1S/C24H54O4Si2/c1-5-15-25-23(26-16-6-2)13-11-21-29-19-9-10-20-30-22-12-14-24(27-17-7-3)28-18-8-4/h23-24H,5-22,29-30H2,1-4H3. The molecule has 0 atom stereocenters. The van der Waals surface area contributed by atoms with Gasteiger partial charge in [0.05, 0.1) is 0 Å². The van der Waals surface area contributed by atoms with Crippen LogP contribution < -0.4 is 0 Å². The summed E-state index contributed by atoms with van der Waals surface area (Å²) in [6.45, 7) is 11.9. The molecule has 0 aromatic heterocycles. The van der Waals surface area contributed by atoms with Crippen molar-refractivity contribution in [2.75, 3.05) is 26.4 Å². The molecule has 0 amide bonds. The fourth-order valence-corrected chi connectivity index (χ4v) is 6.87. The van der Waals surface area contributed by atoms with Crippen molar-refractivity contribution < 1.29 is 18.9 Å². The monoisotopic (exact) mass is 462 g/mol. The molecule has 6 heteroatoms. The minimum atomic E-state index is 0.0456. The highest BCUT2D eigenvalue weighted by atomic mass is 28.2. The molecule has 0 rings (SSSR count). The molecule has 0 aliphatic heterocycles. The molecule has 0 saturated heterocycles. The zero-order chi connectivity index (χ0) is 22.1. The molecule has 0 spiro atoms. The van der Waals surface area contributed by atoms with Crippen molar-refractivity contribution in [3.05, 3.63) is 0 Å². The molecule has 0 heterocycles. The molecule has 0 aliphatic rings. The molecular weight excluding hydrogens is 408 g/mol. The molecule has 0 fully saturated rings. The number of ether oxygens (including phenoxy) is 4. The lowest BCUT2D eigenvalue weighted by molar-refractivity contribution is -0.146. The summed E-state index contributed by atoms with van der Waals surface area (Å²) in [5.74, 6) is 0. The molecule has 0 N–H and O–H groups in total. The third-order valence-electron chi connectivity index (χ3n) is 5.16. The summed E-state index contributed by atoms with van der Waals surface area (Å²) in [6.07, 6.45) is 12.1. The van der Waals surface area contributed by atoms with Crippen LogP contribution in [-0.2, 0) is 18.9 Å². The average molecular weight is 463 g/mol. The van der Waals surface area contributed by atoms with E-state index in [0.717, 1.165) is 65.0 Å². The zero-order valence-corrected chi connectivity index (χ0v) is 23.8. The second kappa shape index (κ2) is 25.5. The molecule has 0 aromatic carbocycles. The smallest absolute Gasteiger partial charge is 0.157 e. The van der Waals surface area contributed by atoms with E-state index in [1.807, 2.05) is 0 Å².